The summed E-state index contributed by atoms with van der Waals surface area (Å²) in [5.41, 5.74) is 5.76. The largest absolute Gasteiger partial charge is 0.394 e. The van der Waals surface area contributed by atoms with Crippen LogP contribution in [0.1, 0.15) is 59.3 Å². The van der Waals surface area contributed by atoms with E-state index in [1.54, 1.807) is 0 Å². The molecule has 0 amide bonds. The van der Waals surface area contributed by atoms with Gasteiger partial charge in [0.15, 0.2) is 0 Å². The zero-order valence-electron chi connectivity index (χ0n) is 11.8. The van der Waals surface area contributed by atoms with Gasteiger partial charge in [0.05, 0.1) is 6.61 Å². The van der Waals surface area contributed by atoms with Crippen LogP contribution in [-0.4, -0.2) is 40.8 Å². The maximum Gasteiger partial charge on any atom is 0.0611 e. The van der Waals surface area contributed by atoms with E-state index < -0.39 is 0 Å². The standard InChI is InChI=1S/C14H30N2O/c1-4-13-8-7-12(3)16(13)10-6-9-14(15,5-2)11-17/h12-13,17H,4-11,15H2,1-3H3. The third-order valence-corrected chi connectivity index (χ3v) is 4.53. The Balaban J connectivity index is 2.34. The van der Waals surface area contributed by atoms with E-state index in [4.69, 9.17) is 5.73 Å². The number of hydrogen-bond acceptors (Lipinski definition) is 3. The maximum absolute atomic E-state index is 9.29. The molecule has 3 unspecified atom stereocenters. The van der Waals surface area contributed by atoms with Crippen LogP contribution in [0, 0.1) is 0 Å². The van der Waals surface area contributed by atoms with Gasteiger partial charge in [0.2, 0.25) is 0 Å². The second-order valence-electron chi connectivity index (χ2n) is 5.70. The molecule has 1 aliphatic rings. The lowest BCUT2D eigenvalue weighted by Gasteiger charge is -2.30. The number of hydrogen-bond donors (Lipinski definition) is 2. The van der Waals surface area contributed by atoms with Gasteiger partial charge in [0.25, 0.3) is 0 Å². The van der Waals surface area contributed by atoms with E-state index in [2.05, 4.69) is 25.7 Å². The number of nitrogens with two attached hydrogens (primary N) is 1. The first-order valence-electron chi connectivity index (χ1n) is 7.21. The van der Waals surface area contributed by atoms with Crippen LogP contribution in [0.3, 0.4) is 0 Å². The molecule has 3 atom stereocenters. The lowest BCUT2D eigenvalue weighted by atomic mass is 9.92. The highest BCUT2D eigenvalue weighted by Gasteiger charge is 2.29. The minimum atomic E-state index is -0.356. The molecule has 1 aliphatic heterocycles. The van der Waals surface area contributed by atoms with Crippen molar-refractivity contribution in [2.45, 2.75) is 76.9 Å². The summed E-state index contributed by atoms with van der Waals surface area (Å²) >= 11 is 0. The number of rotatable bonds is 7. The van der Waals surface area contributed by atoms with Gasteiger partial charge >= 0.3 is 0 Å². The van der Waals surface area contributed by atoms with E-state index in [0.29, 0.717) is 0 Å². The summed E-state index contributed by atoms with van der Waals surface area (Å²) in [6.07, 6.45) is 6.83. The Morgan fingerprint density at radius 1 is 1.35 bits per heavy atom. The Kier molecular flexibility index (Phi) is 5.90. The fourth-order valence-electron chi connectivity index (χ4n) is 2.95. The van der Waals surface area contributed by atoms with Gasteiger partial charge in [0.1, 0.15) is 0 Å². The summed E-state index contributed by atoms with van der Waals surface area (Å²) in [7, 11) is 0. The highest BCUT2D eigenvalue weighted by molar-refractivity contribution is 4.86. The normalized spacial score (nSPS) is 29.5. The van der Waals surface area contributed by atoms with E-state index >= 15 is 0 Å². The summed E-state index contributed by atoms with van der Waals surface area (Å²) in [5.74, 6) is 0. The molecule has 1 saturated heterocycles. The maximum atomic E-state index is 9.29. The molecule has 1 heterocycles. The topological polar surface area (TPSA) is 49.5 Å². The van der Waals surface area contributed by atoms with Gasteiger partial charge in [-0.15, -0.1) is 0 Å². The van der Waals surface area contributed by atoms with Gasteiger partial charge in [-0.1, -0.05) is 13.8 Å². The lowest BCUT2D eigenvalue weighted by Crippen LogP contribution is -2.44. The van der Waals surface area contributed by atoms with Gasteiger partial charge in [-0.05, 0) is 52.0 Å². The number of aliphatic hydroxyl groups excluding tert-OH is 1. The average molecular weight is 242 g/mol. The third kappa shape index (κ3) is 3.94. The SMILES string of the molecule is CCC1CCC(C)N1CCCC(N)(CC)CO. The highest BCUT2D eigenvalue weighted by atomic mass is 16.3. The molecule has 1 rings (SSSR count). The van der Waals surface area contributed by atoms with Crippen molar-refractivity contribution < 1.29 is 5.11 Å². The zero-order valence-corrected chi connectivity index (χ0v) is 11.8. The Hall–Kier alpha value is -0.120. The predicted molar refractivity (Wildman–Crippen MR) is 73.0 cm³/mol. The first-order valence-corrected chi connectivity index (χ1v) is 7.21. The molecule has 17 heavy (non-hydrogen) atoms. The summed E-state index contributed by atoms with van der Waals surface area (Å²) in [5, 5.41) is 9.29. The summed E-state index contributed by atoms with van der Waals surface area (Å²) in [6.45, 7) is 7.92. The lowest BCUT2D eigenvalue weighted by molar-refractivity contribution is 0.157. The molecule has 0 aliphatic carbocycles. The van der Waals surface area contributed by atoms with Crippen molar-refractivity contribution in [1.82, 2.24) is 4.90 Å². The second-order valence-corrected chi connectivity index (χ2v) is 5.70. The van der Waals surface area contributed by atoms with Gasteiger partial charge in [-0.25, -0.2) is 0 Å². The summed E-state index contributed by atoms with van der Waals surface area (Å²) in [4.78, 5) is 2.63. The van der Waals surface area contributed by atoms with Crippen LogP contribution < -0.4 is 5.73 Å². The molecule has 0 aromatic carbocycles. The molecule has 0 bridgehead atoms. The van der Waals surface area contributed by atoms with Crippen molar-refractivity contribution in [2.24, 2.45) is 5.73 Å². The number of nitrogens with zero attached hydrogens (tertiary/aromatic N) is 1. The van der Waals surface area contributed by atoms with Crippen molar-refractivity contribution in [3.05, 3.63) is 0 Å². The minimum absolute atomic E-state index is 0.107. The van der Waals surface area contributed by atoms with Crippen molar-refractivity contribution in [1.29, 1.82) is 0 Å². The van der Waals surface area contributed by atoms with Crippen LogP contribution in [-0.2, 0) is 0 Å². The molecule has 3 heteroatoms. The van der Waals surface area contributed by atoms with E-state index in [1.807, 2.05) is 0 Å². The van der Waals surface area contributed by atoms with Crippen LogP contribution >= 0.6 is 0 Å². The van der Waals surface area contributed by atoms with Crippen molar-refractivity contribution in [2.75, 3.05) is 13.2 Å². The molecule has 3 nitrogen and oxygen atoms in total. The molecule has 0 spiro atoms. The summed E-state index contributed by atoms with van der Waals surface area (Å²) in [6, 6.07) is 1.50. The van der Waals surface area contributed by atoms with E-state index in [0.717, 1.165) is 37.9 Å². The summed E-state index contributed by atoms with van der Waals surface area (Å²) < 4.78 is 0. The molecular weight excluding hydrogens is 212 g/mol. The average Bonchev–Trinajstić information content (AvgIpc) is 2.70. The molecule has 0 saturated carbocycles. The minimum Gasteiger partial charge on any atom is -0.394 e. The first kappa shape index (κ1) is 14.9. The zero-order chi connectivity index (χ0) is 12.9. The second kappa shape index (κ2) is 6.72. The number of likely N-dealkylation sites (tertiary alicyclic amines) is 1. The Bertz CT molecular complexity index is 216. The van der Waals surface area contributed by atoms with Crippen LogP contribution in [0.15, 0.2) is 0 Å². The van der Waals surface area contributed by atoms with Gasteiger partial charge in [0, 0.05) is 17.6 Å². The first-order chi connectivity index (χ1) is 8.06. The van der Waals surface area contributed by atoms with Gasteiger partial charge < -0.3 is 10.8 Å². The predicted octanol–water partition coefficient (Wildman–Crippen LogP) is 2.13. The Morgan fingerprint density at radius 2 is 2.06 bits per heavy atom. The van der Waals surface area contributed by atoms with E-state index in [-0.39, 0.29) is 12.1 Å². The third-order valence-electron chi connectivity index (χ3n) is 4.53. The quantitative estimate of drug-likeness (QED) is 0.719. The highest BCUT2D eigenvalue weighted by Crippen LogP contribution is 2.26. The Labute approximate surface area is 106 Å². The van der Waals surface area contributed by atoms with Gasteiger partial charge in [-0.3, -0.25) is 4.90 Å². The van der Waals surface area contributed by atoms with Crippen LogP contribution in [0.4, 0.5) is 0 Å². The van der Waals surface area contributed by atoms with E-state index in [9.17, 15) is 5.11 Å². The molecular formula is C14H30N2O. The molecule has 1 fully saturated rings. The van der Waals surface area contributed by atoms with Crippen molar-refractivity contribution in [3.8, 4) is 0 Å². The van der Waals surface area contributed by atoms with Crippen LogP contribution in [0.2, 0.25) is 0 Å². The van der Waals surface area contributed by atoms with Gasteiger partial charge in [-0.2, -0.15) is 0 Å². The smallest absolute Gasteiger partial charge is 0.0611 e. The van der Waals surface area contributed by atoms with Crippen LogP contribution in [0.5, 0.6) is 0 Å². The fourth-order valence-corrected chi connectivity index (χ4v) is 2.95. The molecule has 3 N–H and O–H groups in total. The molecule has 0 aromatic rings. The Morgan fingerprint density at radius 3 is 2.59 bits per heavy atom. The monoisotopic (exact) mass is 242 g/mol. The van der Waals surface area contributed by atoms with Crippen molar-refractivity contribution in [3.63, 3.8) is 0 Å². The van der Waals surface area contributed by atoms with Crippen molar-refractivity contribution >= 4 is 0 Å². The number of aliphatic hydroxyl groups is 1. The van der Waals surface area contributed by atoms with Crippen LogP contribution in [0.25, 0.3) is 0 Å². The molecule has 0 aromatic heterocycles. The molecule has 0 radical (unpaired) electrons. The van der Waals surface area contributed by atoms with E-state index in [1.165, 1.54) is 19.3 Å². The fraction of sp³-hybridized carbons (Fsp3) is 1.00. The molecule has 102 valence electrons.